The summed E-state index contributed by atoms with van der Waals surface area (Å²) in [6.45, 7) is 11.8. The second-order valence-electron chi connectivity index (χ2n) is 24.8. The zero-order valence-corrected chi connectivity index (χ0v) is 56.9. The molecule has 0 aliphatic heterocycles. The van der Waals surface area contributed by atoms with Crippen LogP contribution in [-0.4, -0.2) is 96.7 Å². The van der Waals surface area contributed by atoms with E-state index in [-0.39, 0.29) is 25.7 Å². The second-order valence-corrected chi connectivity index (χ2v) is 27.7. The molecule has 0 radical (unpaired) electrons. The van der Waals surface area contributed by atoms with Crippen LogP contribution in [0.1, 0.15) is 325 Å². The third-order valence-corrected chi connectivity index (χ3v) is 17.8. The van der Waals surface area contributed by atoms with Crippen LogP contribution in [0, 0.1) is 17.8 Å². The van der Waals surface area contributed by atoms with Gasteiger partial charge in [-0.3, -0.25) is 37.3 Å². The zero-order valence-electron chi connectivity index (χ0n) is 55.1. The molecule has 0 amide bonds. The molecule has 4 unspecified atom stereocenters. The van der Waals surface area contributed by atoms with Crippen LogP contribution >= 0.6 is 15.6 Å². The minimum atomic E-state index is -4.95. The lowest BCUT2D eigenvalue weighted by Crippen LogP contribution is -2.30. The largest absolute Gasteiger partial charge is 0.472 e. The van der Waals surface area contributed by atoms with Gasteiger partial charge in [0, 0.05) is 25.7 Å². The first-order chi connectivity index (χ1) is 40.8. The highest BCUT2D eigenvalue weighted by atomic mass is 31.2. The predicted molar refractivity (Wildman–Crippen MR) is 340 cm³/mol. The van der Waals surface area contributed by atoms with Crippen molar-refractivity contribution in [3.63, 3.8) is 0 Å². The van der Waals surface area contributed by atoms with Gasteiger partial charge in [0.1, 0.15) is 19.3 Å². The number of carbonyl (C=O) groups excluding carboxylic acids is 4. The maximum Gasteiger partial charge on any atom is 0.472 e. The van der Waals surface area contributed by atoms with E-state index in [1.165, 1.54) is 122 Å². The normalized spacial score (nSPS) is 15.0. The van der Waals surface area contributed by atoms with Crippen LogP contribution in [0.4, 0.5) is 0 Å². The molecular weight excluding hydrogens is 1130 g/mol. The van der Waals surface area contributed by atoms with Crippen LogP contribution in [-0.2, 0) is 65.4 Å². The molecule has 0 saturated carbocycles. The molecule has 17 nitrogen and oxygen atoms in total. The second kappa shape index (κ2) is 57.2. The van der Waals surface area contributed by atoms with E-state index in [1.54, 1.807) is 0 Å². The van der Waals surface area contributed by atoms with Crippen molar-refractivity contribution in [3.8, 4) is 0 Å². The highest BCUT2D eigenvalue weighted by Gasteiger charge is 2.30. The van der Waals surface area contributed by atoms with E-state index in [0.717, 1.165) is 115 Å². The fourth-order valence-corrected chi connectivity index (χ4v) is 11.3. The first kappa shape index (κ1) is 83.1. The average Bonchev–Trinajstić information content (AvgIpc) is 3.65. The van der Waals surface area contributed by atoms with Crippen molar-refractivity contribution in [2.75, 3.05) is 39.6 Å². The maximum atomic E-state index is 13.0. The highest BCUT2D eigenvalue weighted by molar-refractivity contribution is 7.47. The van der Waals surface area contributed by atoms with Crippen LogP contribution in [0.25, 0.3) is 0 Å². The highest BCUT2D eigenvalue weighted by Crippen LogP contribution is 2.45. The number of hydrogen-bond donors (Lipinski definition) is 3. The summed E-state index contributed by atoms with van der Waals surface area (Å²) < 4.78 is 68.0. The first-order valence-corrected chi connectivity index (χ1v) is 37.4. The smallest absolute Gasteiger partial charge is 0.462 e. The van der Waals surface area contributed by atoms with Crippen LogP contribution < -0.4 is 0 Å². The molecule has 19 heteroatoms. The van der Waals surface area contributed by atoms with Gasteiger partial charge >= 0.3 is 39.5 Å². The number of aliphatic hydroxyl groups is 1. The fraction of sp³-hybridized carbons (Fsp3) is 0.939. The summed E-state index contributed by atoms with van der Waals surface area (Å²) >= 11 is 0. The third-order valence-electron chi connectivity index (χ3n) is 15.9. The minimum absolute atomic E-state index is 0.103. The Morgan fingerprint density at radius 3 is 0.894 bits per heavy atom. The van der Waals surface area contributed by atoms with E-state index in [4.69, 9.17) is 37.0 Å². The summed E-state index contributed by atoms with van der Waals surface area (Å²) in [6.07, 6.45) is 39.0. The van der Waals surface area contributed by atoms with Gasteiger partial charge in [0.25, 0.3) is 0 Å². The van der Waals surface area contributed by atoms with E-state index >= 15 is 0 Å². The Balaban J connectivity index is 5.23. The molecular formula is C66H128O17P2. The molecule has 0 heterocycles. The Labute approximate surface area is 517 Å². The van der Waals surface area contributed by atoms with Gasteiger partial charge in [0.05, 0.1) is 26.4 Å². The quantitative estimate of drug-likeness (QED) is 0.0222. The average molecular weight is 1260 g/mol. The molecule has 3 N–H and O–H groups in total. The number of carbonyl (C=O) groups is 4. The van der Waals surface area contributed by atoms with Gasteiger partial charge in [-0.1, -0.05) is 273 Å². The van der Waals surface area contributed by atoms with Gasteiger partial charge in [0.2, 0.25) is 0 Å². The number of hydrogen-bond acceptors (Lipinski definition) is 15. The van der Waals surface area contributed by atoms with Gasteiger partial charge in [0.15, 0.2) is 12.2 Å². The lowest BCUT2D eigenvalue weighted by Gasteiger charge is -2.21. The van der Waals surface area contributed by atoms with Crippen molar-refractivity contribution in [2.24, 2.45) is 17.8 Å². The summed E-state index contributed by atoms with van der Waals surface area (Å²) in [5.74, 6) is 0.170. The van der Waals surface area contributed by atoms with Gasteiger partial charge in [-0.25, -0.2) is 9.13 Å². The summed E-state index contributed by atoms with van der Waals surface area (Å²) in [4.78, 5) is 72.2. The minimum Gasteiger partial charge on any atom is -0.462 e. The number of aliphatic hydroxyl groups excluding tert-OH is 1. The van der Waals surface area contributed by atoms with Crippen molar-refractivity contribution in [3.05, 3.63) is 0 Å². The van der Waals surface area contributed by atoms with E-state index in [1.807, 2.05) is 0 Å². The molecule has 0 rings (SSSR count). The van der Waals surface area contributed by atoms with Gasteiger partial charge < -0.3 is 33.8 Å². The molecule has 0 aromatic rings. The molecule has 0 bridgehead atoms. The van der Waals surface area contributed by atoms with Crippen LogP contribution in [0.3, 0.4) is 0 Å². The Hall–Kier alpha value is -1.94. The lowest BCUT2D eigenvalue weighted by atomic mass is 9.99. The van der Waals surface area contributed by atoms with Gasteiger partial charge in [-0.15, -0.1) is 0 Å². The standard InChI is InChI=1S/C66H128O17P2/c1-8-11-12-13-23-33-40-47-63(68)76-53-61(83-66(71)50-43-36-29-22-24-30-37-44-57(4)5)55-80-84(72,73)78-51-60(67)52-79-85(74,75)81-56-62(82-65(70)49-42-35-28-21-17-15-19-26-32-39-46-59(7)10-3)54-77-64(69)48-41-34-27-20-16-14-18-25-31-38-45-58(6)9-2/h57-62,67H,8-56H2,1-7H3,(H,72,73)(H,74,75)/t58?,59?,60-,61+,62+/m0/s1. The molecule has 0 aromatic carbocycles. The zero-order chi connectivity index (χ0) is 63.1. The number of esters is 4. The maximum absolute atomic E-state index is 13.0. The summed E-state index contributed by atoms with van der Waals surface area (Å²) in [7, 11) is -9.89. The molecule has 0 aromatic heterocycles. The molecule has 7 atom stereocenters. The monoisotopic (exact) mass is 1250 g/mol. The Kier molecular flexibility index (Phi) is 55.9. The van der Waals surface area contributed by atoms with Crippen molar-refractivity contribution in [1.29, 1.82) is 0 Å². The van der Waals surface area contributed by atoms with E-state index < -0.39 is 97.5 Å². The first-order valence-electron chi connectivity index (χ1n) is 34.4. The molecule has 504 valence electrons. The summed E-state index contributed by atoms with van der Waals surface area (Å²) in [5.41, 5.74) is 0. The lowest BCUT2D eigenvalue weighted by molar-refractivity contribution is -0.161. The van der Waals surface area contributed by atoms with Crippen LogP contribution in [0.2, 0.25) is 0 Å². The predicted octanol–water partition coefficient (Wildman–Crippen LogP) is 18.3. The Morgan fingerprint density at radius 1 is 0.341 bits per heavy atom. The van der Waals surface area contributed by atoms with Crippen molar-refractivity contribution in [2.45, 2.75) is 343 Å². The Morgan fingerprint density at radius 2 is 0.600 bits per heavy atom. The topological polar surface area (TPSA) is 237 Å². The molecule has 0 fully saturated rings. The molecule has 0 saturated heterocycles. The summed E-state index contributed by atoms with van der Waals surface area (Å²) in [5, 5.41) is 10.5. The Bertz CT molecular complexity index is 1690. The van der Waals surface area contributed by atoms with Crippen molar-refractivity contribution < 1.29 is 80.2 Å². The number of ether oxygens (including phenoxy) is 4. The molecule has 0 aliphatic rings. The number of unbranched alkanes of at least 4 members (excludes halogenated alkanes) is 30. The molecule has 0 spiro atoms. The van der Waals surface area contributed by atoms with E-state index in [0.29, 0.717) is 31.6 Å². The van der Waals surface area contributed by atoms with Crippen LogP contribution in [0.5, 0.6) is 0 Å². The van der Waals surface area contributed by atoms with Gasteiger partial charge in [-0.2, -0.15) is 0 Å². The van der Waals surface area contributed by atoms with E-state index in [9.17, 15) is 43.2 Å². The van der Waals surface area contributed by atoms with E-state index in [2.05, 4.69) is 48.5 Å². The third kappa shape index (κ3) is 58.2. The van der Waals surface area contributed by atoms with Crippen molar-refractivity contribution in [1.82, 2.24) is 0 Å². The SMILES string of the molecule is CCCCCCCCCC(=O)OC[C@H](COP(=O)(O)OC[C@H](O)COP(=O)(O)OC[C@@H](COC(=O)CCCCCCCCCCCCC(C)CC)OC(=O)CCCCCCCCCCCCC(C)CC)OC(=O)CCCCCCCCCC(C)C. The van der Waals surface area contributed by atoms with Crippen LogP contribution in [0.15, 0.2) is 0 Å². The number of phosphoric ester groups is 2. The molecule has 85 heavy (non-hydrogen) atoms. The number of phosphoric acid groups is 2. The summed E-state index contributed by atoms with van der Waals surface area (Å²) in [6, 6.07) is 0. The van der Waals surface area contributed by atoms with Crippen molar-refractivity contribution >= 4 is 39.5 Å². The number of rotatable bonds is 64. The molecule has 0 aliphatic carbocycles. The fourth-order valence-electron chi connectivity index (χ4n) is 9.77. The van der Waals surface area contributed by atoms with Gasteiger partial charge in [-0.05, 0) is 43.4 Å².